The van der Waals surface area contributed by atoms with E-state index in [9.17, 15) is 14.9 Å². The van der Waals surface area contributed by atoms with Crippen LogP contribution in [0.2, 0.25) is 5.02 Å². The Morgan fingerprint density at radius 3 is 2.30 bits per heavy atom. The Kier molecular flexibility index (Phi) is 7.31. The van der Waals surface area contributed by atoms with Gasteiger partial charge < -0.3 is 25.8 Å². The van der Waals surface area contributed by atoms with E-state index in [2.05, 4.69) is 10.6 Å². The standard InChI is InChI=1S/C22H19ClN4O5S/c1-31-18-11-19(32-2)16(10-15(18)23)26-22(33)25-13-8-6-12(7-9-13)20-14(21(24)28)4-3-5-17(20)27(29)30/h3-11H,1-2H3,(H2,24,28)(H2,25,26,33). The van der Waals surface area contributed by atoms with E-state index in [-0.39, 0.29) is 21.9 Å². The van der Waals surface area contributed by atoms with E-state index < -0.39 is 10.8 Å². The number of rotatable bonds is 7. The third kappa shape index (κ3) is 5.30. The van der Waals surface area contributed by atoms with Crippen molar-refractivity contribution < 1.29 is 19.2 Å². The Bertz CT molecular complexity index is 1200. The lowest BCUT2D eigenvalue weighted by Gasteiger charge is -2.15. The number of thiocarbonyl (C=S) groups is 1. The molecule has 0 aliphatic heterocycles. The van der Waals surface area contributed by atoms with Crippen LogP contribution in [0.15, 0.2) is 54.6 Å². The van der Waals surface area contributed by atoms with Crippen LogP contribution >= 0.6 is 23.8 Å². The number of nitrogens with one attached hydrogen (secondary N) is 2. The van der Waals surface area contributed by atoms with Crippen LogP contribution < -0.4 is 25.8 Å². The monoisotopic (exact) mass is 486 g/mol. The first-order chi connectivity index (χ1) is 15.7. The highest BCUT2D eigenvalue weighted by Gasteiger charge is 2.21. The minimum Gasteiger partial charge on any atom is -0.495 e. The zero-order valence-electron chi connectivity index (χ0n) is 17.5. The number of nitro benzene ring substituents is 1. The van der Waals surface area contributed by atoms with Gasteiger partial charge in [0.15, 0.2) is 5.11 Å². The third-order valence-electron chi connectivity index (χ3n) is 4.66. The van der Waals surface area contributed by atoms with Gasteiger partial charge in [-0.3, -0.25) is 14.9 Å². The van der Waals surface area contributed by atoms with Crippen molar-refractivity contribution in [2.24, 2.45) is 5.73 Å². The van der Waals surface area contributed by atoms with Crippen molar-refractivity contribution in [3.05, 3.63) is 75.3 Å². The average Bonchev–Trinajstić information content (AvgIpc) is 2.79. The zero-order chi connectivity index (χ0) is 24.1. The fourth-order valence-corrected chi connectivity index (χ4v) is 3.63. The van der Waals surface area contributed by atoms with Crippen molar-refractivity contribution in [2.45, 2.75) is 0 Å². The molecule has 0 aromatic heterocycles. The van der Waals surface area contributed by atoms with Crippen LogP contribution in [0.4, 0.5) is 17.1 Å². The summed E-state index contributed by atoms with van der Waals surface area (Å²) in [5.41, 5.74) is 7.01. The number of carbonyl (C=O) groups excluding carboxylic acids is 1. The highest BCUT2D eigenvalue weighted by Crippen LogP contribution is 2.36. The van der Waals surface area contributed by atoms with Crippen molar-refractivity contribution in [2.75, 3.05) is 24.9 Å². The highest BCUT2D eigenvalue weighted by molar-refractivity contribution is 7.80. The second-order valence-electron chi connectivity index (χ2n) is 6.66. The summed E-state index contributed by atoms with van der Waals surface area (Å²) in [7, 11) is 3.01. The first-order valence-corrected chi connectivity index (χ1v) is 10.2. The largest absolute Gasteiger partial charge is 0.495 e. The molecule has 0 aliphatic rings. The lowest BCUT2D eigenvalue weighted by molar-refractivity contribution is -0.384. The number of nitrogens with two attached hydrogens (primary N) is 1. The number of nitro groups is 1. The first-order valence-electron chi connectivity index (χ1n) is 9.42. The summed E-state index contributed by atoms with van der Waals surface area (Å²) in [5, 5.41) is 18.1. The molecule has 0 saturated carbocycles. The molecule has 0 spiro atoms. The first kappa shape index (κ1) is 23.8. The van der Waals surface area contributed by atoms with Gasteiger partial charge in [0.05, 0.1) is 41.0 Å². The molecule has 3 aromatic carbocycles. The lowest BCUT2D eigenvalue weighted by atomic mass is 9.97. The van der Waals surface area contributed by atoms with Crippen molar-refractivity contribution >= 4 is 51.9 Å². The van der Waals surface area contributed by atoms with Gasteiger partial charge >= 0.3 is 0 Å². The summed E-state index contributed by atoms with van der Waals surface area (Å²) in [6, 6.07) is 14.0. The van der Waals surface area contributed by atoms with Gasteiger partial charge in [0, 0.05) is 17.8 Å². The number of hydrogen-bond acceptors (Lipinski definition) is 6. The number of nitrogens with zero attached hydrogens (tertiary/aromatic N) is 1. The van der Waals surface area contributed by atoms with Crippen molar-refractivity contribution in [3.63, 3.8) is 0 Å². The number of halogens is 1. The number of amides is 1. The summed E-state index contributed by atoms with van der Waals surface area (Å²) in [4.78, 5) is 22.7. The van der Waals surface area contributed by atoms with Crippen LogP contribution in [0.25, 0.3) is 11.1 Å². The number of benzene rings is 3. The Hall–Kier alpha value is -3.89. The van der Waals surface area contributed by atoms with E-state index in [1.165, 1.54) is 32.4 Å². The minimum absolute atomic E-state index is 0.0607. The predicted octanol–water partition coefficient (Wildman–Crippen LogP) is 4.84. The van der Waals surface area contributed by atoms with Crippen molar-refractivity contribution in [1.29, 1.82) is 0 Å². The SMILES string of the molecule is COc1cc(OC)c(NC(=S)Nc2ccc(-c3c(C(N)=O)cccc3[N+](=O)[O-])cc2)cc1Cl. The van der Waals surface area contributed by atoms with E-state index in [1.54, 1.807) is 36.4 Å². The molecule has 9 nitrogen and oxygen atoms in total. The molecule has 0 saturated heterocycles. The number of ether oxygens (including phenoxy) is 2. The maximum atomic E-state index is 11.8. The zero-order valence-corrected chi connectivity index (χ0v) is 19.1. The molecule has 3 rings (SSSR count). The average molecular weight is 487 g/mol. The van der Waals surface area contributed by atoms with Gasteiger partial charge in [-0.1, -0.05) is 29.8 Å². The normalized spacial score (nSPS) is 10.3. The second kappa shape index (κ2) is 10.2. The van der Waals surface area contributed by atoms with Gasteiger partial charge in [-0.05, 0) is 42.0 Å². The molecule has 0 heterocycles. The van der Waals surface area contributed by atoms with Gasteiger partial charge in [-0.25, -0.2) is 0 Å². The summed E-state index contributed by atoms with van der Waals surface area (Å²) >= 11 is 11.5. The molecule has 0 unspecified atom stereocenters. The Balaban J connectivity index is 1.83. The Morgan fingerprint density at radius 1 is 1.06 bits per heavy atom. The molecule has 0 fully saturated rings. The lowest BCUT2D eigenvalue weighted by Crippen LogP contribution is -2.19. The van der Waals surface area contributed by atoms with Gasteiger partial charge in [-0.15, -0.1) is 0 Å². The fraction of sp³-hybridized carbons (Fsp3) is 0.0909. The van der Waals surface area contributed by atoms with Crippen LogP contribution in [0.3, 0.4) is 0 Å². The molecule has 4 N–H and O–H groups in total. The summed E-state index contributed by atoms with van der Waals surface area (Å²) in [5.74, 6) is 0.179. The Labute approximate surface area is 199 Å². The maximum Gasteiger partial charge on any atom is 0.277 e. The van der Waals surface area contributed by atoms with E-state index in [1.807, 2.05) is 0 Å². The van der Waals surface area contributed by atoms with E-state index >= 15 is 0 Å². The molecule has 0 radical (unpaired) electrons. The van der Waals surface area contributed by atoms with Gasteiger partial charge in [0.2, 0.25) is 5.91 Å². The molecule has 3 aromatic rings. The molecular formula is C22H19ClN4O5S. The molecule has 0 atom stereocenters. The van der Waals surface area contributed by atoms with E-state index in [0.717, 1.165) is 0 Å². The summed E-state index contributed by atoms with van der Waals surface area (Å²) in [6.07, 6.45) is 0. The quantitative estimate of drug-likeness (QED) is 0.246. The number of carbonyl (C=O) groups is 1. The summed E-state index contributed by atoms with van der Waals surface area (Å²) in [6.45, 7) is 0. The van der Waals surface area contributed by atoms with Gasteiger partial charge in [0.1, 0.15) is 11.5 Å². The van der Waals surface area contributed by atoms with Gasteiger partial charge in [-0.2, -0.15) is 0 Å². The van der Waals surface area contributed by atoms with Crippen LogP contribution in [-0.4, -0.2) is 30.2 Å². The topological polar surface area (TPSA) is 129 Å². The smallest absolute Gasteiger partial charge is 0.277 e. The molecule has 11 heteroatoms. The fourth-order valence-electron chi connectivity index (χ4n) is 3.16. The number of primary amides is 1. The number of anilines is 2. The van der Waals surface area contributed by atoms with Crippen LogP contribution in [0, 0.1) is 10.1 Å². The third-order valence-corrected chi connectivity index (χ3v) is 5.16. The molecule has 0 aliphatic carbocycles. The molecular weight excluding hydrogens is 468 g/mol. The second-order valence-corrected chi connectivity index (χ2v) is 7.48. The summed E-state index contributed by atoms with van der Waals surface area (Å²) < 4.78 is 10.5. The number of methoxy groups -OCH3 is 2. The van der Waals surface area contributed by atoms with Gasteiger partial charge in [0.25, 0.3) is 5.69 Å². The van der Waals surface area contributed by atoms with Crippen LogP contribution in [0.5, 0.6) is 11.5 Å². The Morgan fingerprint density at radius 2 is 1.73 bits per heavy atom. The van der Waals surface area contributed by atoms with Crippen LogP contribution in [-0.2, 0) is 0 Å². The molecule has 170 valence electrons. The predicted molar refractivity (Wildman–Crippen MR) is 131 cm³/mol. The van der Waals surface area contributed by atoms with E-state index in [4.69, 9.17) is 39.0 Å². The minimum atomic E-state index is -0.756. The molecule has 33 heavy (non-hydrogen) atoms. The highest BCUT2D eigenvalue weighted by atomic mass is 35.5. The van der Waals surface area contributed by atoms with Crippen molar-refractivity contribution in [3.8, 4) is 22.6 Å². The van der Waals surface area contributed by atoms with Crippen molar-refractivity contribution in [1.82, 2.24) is 0 Å². The van der Waals surface area contributed by atoms with Crippen LogP contribution in [0.1, 0.15) is 10.4 Å². The molecule has 0 bridgehead atoms. The number of hydrogen-bond donors (Lipinski definition) is 3. The van der Waals surface area contributed by atoms with E-state index in [0.29, 0.717) is 33.5 Å². The molecule has 1 amide bonds. The maximum absolute atomic E-state index is 11.8.